The standard InChI is InChI=1S/C4H7BrOS/c1-4(6)7-3-2-5/h2-3H2,1H3. The van der Waals surface area contributed by atoms with E-state index in [1.54, 1.807) is 6.92 Å². The van der Waals surface area contributed by atoms with Crippen molar-refractivity contribution in [3.8, 4) is 0 Å². The molecule has 0 spiro atoms. The molecule has 0 aliphatic carbocycles. The largest absolute Gasteiger partial charge is 0.288 e. The highest BCUT2D eigenvalue weighted by Gasteiger charge is 1.88. The number of hydrogen-bond acceptors (Lipinski definition) is 2. The highest BCUT2D eigenvalue weighted by atomic mass is 79.9. The molecule has 0 aromatic rings. The third-order valence-electron chi connectivity index (χ3n) is 0.382. The van der Waals surface area contributed by atoms with Crippen LogP contribution < -0.4 is 0 Å². The van der Waals surface area contributed by atoms with Crippen LogP contribution in [0.4, 0.5) is 0 Å². The summed E-state index contributed by atoms with van der Waals surface area (Å²) in [5.74, 6) is 0.884. The van der Waals surface area contributed by atoms with E-state index >= 15 is 0 Å². The van der Waals surface area contributed by atoms with Gasteiger partial charge in [0.1, 0.15) is 0 Å². The van der Waals surface area contributed by atoms with Crippen molar-refractivity contribution in [2.45, 2.75) is 6.92 Å². The van der Waals surface area contributed by atoms with Crippen molar-refractivity contribution in [3.63, 3.8) is 0 Å². The fourth-order valence-corrected chi connectivity index (χ4v) is 1.03. The van der Waals surface area contributed by atoms with E-state index in [4.69, 9.17) is 0 Å². The molecular formula is C4H7BrOS. The molecule has 0 bridgehead atoms. The second kappa shape index (κ2) is 4.65. The summed E-state index contributed by atoms with van der Waals surface area (Å²) in [7, 11) is 0. The maximum Gasteiger partial charge on any atom is 0.185 e. The third kappa shape index (κ3) is 6.50. The van der Waals surface area contributed by atoms with Crippen LogP contribution in [0, 0.1) is 0 Å². The number of hydrogen-bond donors (Lipinski definition) is 0. The van der Waals surface area contributed by atoms with E-state index in [1.165, 1.54) is 11.8 Å². The van der Waals surface area contributed by atoms with Crippen LogP contribution in [0.3, 0.4) is 0 Å². The van der Waals surface area contributed by atoms with Crippen LogP contribution in [0.5, 0.6) is 0 Å². The highest BCUT2D eigenvalue weighted by molar-refractivity contribution is 9.09. The molecule has 42 valence electrons. The molecule has 0 aromatic carbocycles. The van der Waals surface area contributed by atoms with Crippen LogP contribution in [0.2, 0.25) is 0 Å². The molecule has 0 N–H and O–H groups in total. The Balaban J connectivity index is 2.82. The number of halogens is 1. The van der Waals surface area contributed by atoms with Gasteiger partial charge in [-0.3, -0.25) is 4.79 Å². The van der Waals surface area contributed by atoms with E-state index in [9.17, 15) is 4.79 Å². The Morgan fingerprint density at radius 1 is 1.86 bits per heavy atom. The van der Waals surface area contributed by atoms with Crippen molar-refractivity contribution in [1.82, 2.24) is 0 Å². The van der Waals surface area contributed by atoms with Crippen LogP contribution >= 0.6 is 27.7 Å². The Kier molecular flexibility index (Phi) is 4.99. The topological polar surface area (TPSA) is 17.1 Å². The van der Waals surface area contributed by atoms with Crippen LogP contribution in [-0.2, 0) is 4.79 Å². The summed E-state index contributed by atoms with van der Waals surface area (Å²) in [6, 6.07) is 0. The number of alkyl halides is 1. The molecular weight excluding hydrogens is 176 g/mol. The minimum absolute atomic E-state index is 0.194. The van der Waals surface area contributed by atoms with Crippen LogP contribution in [0.15, 0.2) is 0 Å². The number of thioether (sulfide) groups is 1. The predicted molar refractivity (Wildman–Crippen MR) is 36.9 cm³/mol. The van der Waals surface area contributed by atoms with Gasteiger partial charge in [-0.05, 0) is 0 Å². The van der Waals surface area contributed by atoms with Crippen molar-refractivity contribution < 1.29 is 4.79 Å². The average molecular weight is 183 g/mol. The summed E-state index contributed by atoms with van der Waals surface area (Å²) in [6.45, 7) is 1.58. The zero-order chi connectivity index (χ0) is 5.70. The quantitative estimate of drug-likeness (QED) is 0.605. The van der Waals surface area contributed by atoms with E-state index in [1.807, 2.05) is 0 Å². The normalized spacial score (nSPS) is 8.86. The lowest BCUT2D eigenvalue weighted by atomic mass is 10.9. The molecule has 0 radical (unpaired) electrons. The third-order valence-corrected chi connectivity index (χ3v) is 2.12. The van der Waals surface area contributed by atoms with E-state index in [0.717, 1.165) is 11.1 Å². The van der Waals surface area contributed by atoms with Crippen molar-refractivity contribution in [2.24, 2.45) is 0 Å². The van der Waals surface area contributed by atoms with Crippen molar-refractivity contribution >= 4 is 32.8 Å². The number of rotatable bonds is 2. The summed E-state index contributed by atoms with van der Waals surface area (Å²) >= 11 is 4.55. The Bertz CT molecular complexity index is 64.7. The first-order valence-corrected chi connectivity index (χ1v) is 4.07. The lowest BCUT2D eigenvalue weighted by Crippen LogP contribution is -1.84. The SMILES string of the molecule is CC(=O)SCCBr. The second-order valence-corrected chi connectivity index (χ2v) is 3.09. The zero-order valence-electron chi connectivity index (χ0n) is 4.11. The Labute approximate surface area is 56.0 Å². The Morgan fingerprint density at radius 2 is 2.43 bits per heavy atom. The van der Waals surface area contributed by atoms with Crippen molar-refractivity contribution in [1.29, 1.82) is 0 Å². The van der Waals surface area contributed by atoms with E-state index in [0.29, 0.717) is 0 Å². The van der Waals surface area contributed by atoms with Crippen molar-refractivity contribution in [3.05, 3.63) is 0 Å². The minimum Gasteiger partial charge on any atom is -0.288 e. The molecule has 0 saturated carbocycles. The Morgan fingerprint density at radius 3 is 2.57 bits per heavy atom. The lowest BCUT2D eigenvalue weighted by molar-refractivity contribution is -0.109. The average Bonchev–Trinajstić information content (AvgIpc) is 1.61. The maximum absolute atomic E-state index is 10.1. The predicted octanol–water partition coefficient (Wildman–Crippen LogP) is 1.66. The first-order valence-electron chi connectivity index (χ1n) is 1.96. The van der Waals surface area contributed by atoms with Gasteiger partial charge in [0, 0.05) is 18.0 Å². The van der Waals surface area contributed by atoms with Gasteiger partial charge in [0.25, 0.3) is 0 Å². The molecule has 3 heteroatoms. The van der Waals surface area contributed by atoms with E-state index in [2.05, 4.69) is 15.9 Å². The van der Waals surface area contributed by atoms with Crippen LogP contribution in [0.1, 0.15) is 6.92 Å². The lowest BCUT2D eigenvalue weighted by Gasteiger charge is -1.85. The van der Waals surface area contributed by atoms with Gasteiger partial charge in [0.2, 0.25) is 0 Å². The Hall–Kier alpha value is 0.500. The fraction of sp³-hybridized carbons (Fsp3) is 0.750. The number of carbonyl (C=O) groups is 1. The summed E-state index contributed by atoms with van der Waals surface area (Å²) in [4.78, 5) is 10.1. The summed E-state index contributed by atoms with van der Waals surface area (Å²) in [6.07, 6.45) is 0. The molecule has 0 saturated heterocycles. The molecule has 0 heterocycles. The maximum atomic E-state index is 10.1. The second-order valence-electron chi connectivity index (χ2n) is 1.03. The van der Waals surface area contributed by atoms with Gasteiger partial charge >= 0.3 is 0 Å². The molecule has 0 fully saturated rings. The first kappa shape index (κ1) is 7.50. The van der Waals surface area contributed by atoms with Crippen molar-refractivity contribution in [2.75, 3.05) is 11.1 Å². The van der Waals surface area contributed by atoms with Gasteiger partial charge in [0.15, 0.2) is 5.12 Å². The van der Waals surface area contributed by atoms with Crippen LogP contribution in [0.25, 0.3) is 0 Å². The monoisotopic (exact) mass is 182 g/mol. The van der Waals surface area contributed by atoms with E-state index in [-0.39, 0.29) is 5.12 Å². The van der Waals surface area contributed by atoms with Gasteiger partial charge in [-0.1, -0.05) is 27.7 Å². The molecule has 0 aliphatic heterocycles. The molecule has 0 rings (SSSR count). The first-order chi connectivity index (χ1) is 3.27. The molecule has 1 nitrogen and oxygen atoms in total. The van der Waals surface area contributed by atoms with Crippen LogP contribution in [-0.4, -0.2) is 16.2 Å². The van der Waals surface area contributed by atoms with Gasteiger partial charge in [-0.25, -0.2) is 0 Å². The molecule has 0 amide bonds. The molecule has 0 unspecified atom stereocenters. The summed E-state index contributed by atoms with van der Waals surface area (Å²) in [5.41, 5.74) is 0. The van der Waals surface area contributed by atoms with Gasteiger partial charge in [0.05, 0.1) is 0 Å². The summed E-state index contributed by atoms with van der Waals surface area (Å²) in [5, 5.41) is 1.09. The molecule has 0 aliphatic rings. The molecule has 0 atom stereocenters. The smallest absolute Gasteiger partial charge is 0.185 e. The highest BCUT2D eigenvalue weighted by Crippen LogP contribution is 2.00. The minimum atomic E-state index is 0.194. The van der Waals surface area contributed by atoms with Gasteiger partial charge < -0.3 is 0 Å². The molecule has 7 heavy (non-hydrogen) atoms. The van der Waals surface area contributed by atoms with Gasteiger partial charge in [-0.2, -0.15) is 0 Å². The van der Waals surface area contributed by atoms with E-state index < -0.39 is 0 Å². The molecule has 0 aromatic heterocycles. The van der Waals surface area contributed by atoms with Gasteiger partial charge in [-0.15, -0.1) is 0 Å². The summed E-state index contributed by atoms with van der Waals surface area (Å²) < 4.78 is 0. The zero-order valence-corrected chi connectivity index (χ0v) is 6.51. The fourth-order valence-electron chi connectivity index (χ4n) is 0.182. The number of carbonyl (C=O) groups excluding carboxylic acids is 1.